The standard InChI is InChI=1S/C33H33F3N6O2/c1-18(34)32(43)42-11-10-41(16-21(42)15-37-2)31-26-14-27(35)28(23-8-4-7-22-24-12-19(24)13-25(22)23)29(36)30(26)38-33(39-31)44-17-20-6-5-9-40(20)3/h4,7-8,14,19-21,24H,1,5-6,9-13,15-17H2,3H3/t19?,20-,21-,24?/m0/s1. The maximum Gasteiger partial charge on any atom is 0.319 e. The molecule has 2 aromatic carbocycles. The first-order valence-corrected chi connectivity index (χ1v) is 15.1. The molecule has 0 spiro atoms. The Kier molecular flexibility index (Phi) is 7.20. The molecule has 2 aliphatic carbocycles. The molecule has 2 unspecified atom stereocenters. The average molecular weight is 603 g/mol. The Labute approximate surface area is 253 Å². The Morgan fingerprint density at radius 3 is 2.80 bits per heavy atom. The van der Waals surface area contributed by atoms with E-state index in [9.17, 15) is 9.18 Å². The highest BCUT2D eigenvalue weighted by molar-refractivity contribution is 5.95. The van der Waals surface area contributed by atoms with Crippen molar-refractivity contribution in [2.75, 3.05) is 51.3 Å². The van der Waals surface area contributed by atoms with Gasteiger partial charge < -0.3 is 24.3 Å². The minimum absolute atomic E-state index is 0.0267. The number of piperazine rings is 1. The van der Waals surface area contributed by atoms with Crippen LogP contribution in [0.5, 0.6) is 6.01 Å². The van der Waals surface area contributed by atoms with E-state index in [-0.39, 0.29) is 60.5 Å². The van der Waals surface area contributed by atoms with Crippen LogP contribution in [0.25, 0.3) is 26.9 Å². The zero-order chi connectivity index (χ0) is 30.7. The zero-order valence-corrected chi connectivity index (χ0v) is 24.5. The second-order valence-corrected chi connectivity index (χ2v) is 12.4. The number of benzene rings is 2. The van der Waals surface area contributed by atoms with E-state index in [1.165, 1.54) is 16.5 Å². The summed E-state index contributed by atoms with van der Waals surface area (Å²) in [5, 5.41) is 0.167. The number of nitrogens with zero attached hydrogens (tertiary/aromatic N) is 6. The molecule has 3 aromatic rings. The van der Waals surface area contributed by atoms with Gasteiger partial charge in [-0.3, -0.25) is 4.79 Å². The number of likely N-dealkylation sites (N-methyl/N-ethyl adjacent to an activating group) is 1. The normalized spacial score (nSPS) is 24.2. The number of amides is 1. The average Bonchev–Trinajstić information content (AvgIpc) is 3.50. The Morgan fingerprint density at radius 2 is 2.05 bits per heavy atom. The minimum Gasteiger partial charge on any atom is -0.462 e. The Balaban J connectivity index is 1.32. The monoisotopic (exact) mass is 602 g/mol. The number of carbonyl (C=O) groups is 1. The van der Waals surface area contributed by atoms with Gasteiger partial charge in [-0.1, -0.05) is 24.8 Å². The number of likely N-dealkylation sites (tertiary alicyclic amines) is 1. The molecule has 0 N–H and O–H groups in total. The zero-order valence-electron chi connectivity index (χ0n) is 24.5. The number of fused-ring (bicyclic) bond motifs is 4. The van der Waals surface area contributed by atoms with Crippen LogP contribution in [0.1, 0.15) is 36.3 Å². The molecule has 228 valence electrons. The lowest BCUT2D eigenvalue weighted by molar-refractivity contribution is -0.131. The van der Waals surface area contributed by atoms with Crippen LogP contribution in [-0.4, -0.2) is 84.1 Å². The van der Waals surface area contributed by atoms with Crippen LogP contribution >= 0.6 is 0 Å². The quantitative estimate of drug-likeness (QED) is 0.276. The topological polar surface area (TPSA) is 66.2 Å². The molecule has 4 aliphatic rings. The van der Waals surface area contributed by atoms with Gasteiger partial charge in [0.2, 0.25) is 6.54 Å². The summed E-state index contributed by atoms with van der Waals surface area (Å²) < 4.78 is 52.5. The second kappa shape index (κ2) is 11.1. The summed E-state index contributed by atoms with van der Waals surface area (Å²) in [4.78, 5) is 30.3. The van der Waals surface area contributed by atoms with Crippen molar-refractivity contribution in [3.05, 3.63) is 70.8 Å². The lowest BCUT2D eigenvalue weighted by Crippen LogP contribution is -2.56. The van der Waals surface area contributed by atoms with Crippen molar-refractivity contribution in [2.24, 2.45) is 5.92 Å². The summed E-state index contributed by atoms with van der Waals surface area (Å²) in [7, 11) is 2.02. The fourth-order valence-electron chi connectivity index (χ4n) is 7.34. The first-order valence-electron chi connectivity index (χ1n) is 15.1. The number of hydrogen-bond acceptors (Lipinski definition) is 6. The van der Waals surface area contributed by atoms with Crippen LogP contribution in [0.3, 0.4) is 0 Å². The predicted octanol–water partition coefficient (Wildman–Crippen LogP) is 5.13. The summed E-state index contributed by atoms with van der Waals surface area (Å²) >= 11 is 0. The third-order valence-electron chi connectivity index (χ3n) is 9.77. The largest absolute Gasteiger partial charge is 0.462 e. The molecule has 2 saturated heterocycles. The summed E-state index contributed by atoms with van der Waals surface area (Å²) in [5.41, 5.74) is 2.56. The maximum absolute atomic E-state index is 16.6. The minimum atomic E-state index is -1.10. The molecule has 8 nitrogen and oxygen atoms in total. The molecule has 7 rings (SSSR count). The Hall–Kier alpha value is -4.17. The number of halogens is 3. The molecule has 3 heterocycles. The summed E-state index contributed by atoms with van der Waals surface area (Å²) in [5.74, 6) is -2.20. The summed E-state index contributed by atoms with van der Waals surface area (Å²) in [6, 6.07) is 6.43. The van der Waals surface area contributed by atoms with Gasteiger partial charge in [0, 0.05) is 31.1 Å². The number of rotatable bonds is 7. The van der Waals surface area contributed by atoms with E-state index < -0.39 is 29.4 Å². The van der Waals surface area contributed by atoms with Crippen LogP contribution < -0.4 is 9.64 Å². The smallest absolute Gasteiger partial charge is 0.319 e. The van der Waals surface area contributed by atoms with Crippen LogP contribution in [0.4, 0.5) is 19.0 Å². The molecular formula is C33H33F3N6O2. The molecule has 1 aromatic heterocycles. The van der Waals surface area contributed by atoms with E-state index in [1.54, 1.807) is 11.0 Å². The molecule has 4 atom stereocenters. The van der Waals surface area contributed by atoms with E-state index in [0.717, 1.165) is 37.8 Å². The van der Waals surface area contributed by atoms with Crippen molar-refractivity contribution >= 4 is 22.6 Å². The summed E-state index contributed by atoms with van der Waals surface area (Å²) in [6.07, 6.45) is 3.93. The molecule has 0 radical (unpaired) electrons. The Morgan fingerprint density at radius 1 is 1.20 bits per heavy atom. The van der Waals surface area contributed by atoms with Gasteiger partial charge in [0.15, 0.2) is 11.6 Å². The fourth-order valence-corrected chi connectivity index (χ4v) is 7.34. The molecular weight excluding hydrogens is 569 g/mol. The van der Waals surface area contributed by atoms with Crippen LogP contribution in [0.15, 0.2) is 36.7 Å². The van der Waals surface area contributed by atoms with Gasteiger partial charge in [-0.05, 0) is 73.9 Å². The van der Waals surface area contributed by atoms with E-state index >= 15 is 8.78 Å². The molecule has 1 saturated carbocycles. The van der Waals surface area contributed by atoms with Crippen LogP contribution in [0, 0.1) is 24.1 Å². The molecule has 1 amide bonds. The highest BCUT2D eigenvalue weighted by Crippen LogP contribution is 2.58. The van der Waals surface area contributed by atoms with Gasteiger partial charge >= 0.3 is 6.01 Å². The lowest BCUT2D eigenvalue weighted by Gasteiger charge is -2.39. The van der Waals surface area contributed by atoms with Crippen LogP contribution in [0.2, 0.25) is 0 Å². The van der Waals surface area contributed by atoms with Gasteiger partial charge in [-0.2, -0.15) is 9.97 Å². The second-order valence-electron chi connectivity index (χ2n) is 12.4. The van der Waals surface area contributed by atoms with Crippen molar-refractivity contribution in [3.63, 3.8) is 0 Å². The van der Waals surface area contributed by atoms with Crippen molar-refractivity contribution < 1.29 is 22.7 Å². The maximum atomic E-state index is 16.6. The van der Waals surface area contributed by atoms with E-state index in [1.807, 2.05) is 13.1 Å². The highest BCUT2D eigenvalue weighted by Gasteiger charge is 2.46. The third kappa shape index (κ3) is 4.85. The number of aromatic nitrogens is 2. The van der Waals surface area contributed by atoms with Crippen molar-refractivity contribution in [1.29, 1.82) is 0 Å². The lowest BCUT2D eigenvalue weighted by atomic mass is 9.93. The SMILES string of the molecule is [C-]#[N+]C[C@H]1CN(c2nc(OC[C@@H]3CCCN3C)nc3c(F)c(-c4cccc5c4CC4CC54)c(F)cc23)CCN1C(=O)C(=C)F. The van der Waals surface area contributed by atoms with Crippen molar-refractivity contribution in [2.45, 2.75) is 43.7 Å². The Bertz CT molecular complexity index is 1720. The number of hydrogen-bond donors (Lipinski definition) is 0. The molecule has 44 heavy (non-hydrogen) atoms. The first kappa shape index (κ1) is 28.6. The number of anilines is 1. The molecule has 0 bridgehead atoms. The molecule has 3 fully saturated rings. The highest BCUT2D eigenvalue weighted by atomic mass is 19.1. The van der Waals surface area contributed by atoms with Gasteiger partial charge in [0.25, 0.3) is 5.91 Å². The van der Waals surface area contributed by atoms with Gasteiger partial charge in [0.05, 0.1) is 5.56 Å². The van der Waals surface area contributed by atoms with E-state index in [0.29, 0.717) is 24.0 Å². The molecule has 2 aliphatic heterocycles. The van der Waals surface area contributed by atoms with E-state index in [2.05, 4.69) is 32.4 Å². The van der Waals surface area contributed by atoms with Gasteiger partial charge in [0.1, 0.15) is 29.8 Å². The summed E-state index contributed by atoms with van der Waals surface area (Å²) in [6.45, 7) is 12.1. The first-order chi connectivity index (χ1) is 21.2. The van der Waals surface area contributed by atoms with Gasteiger partial charge in [-0.25, -0.2) is 19.7 Å². The van der Waals surface area contributed by atoms with E-state index in [4.69, 9.17) is 11.3 Å². The van der Waals surface area contributed by atoms with Crippen molar-refractivity contribution in [1.82, 2.24) is 19.8 Å². The molecule has 11 heteroatoms. The fraction of sp³-hybridized carbons (Fsp3) is 0.455. The predicted molar refractivity (Wildman–Crippen MR) is 160 cm³/mol. The van der Waals surface area contributed by atoms with Crippen molar-refractivity contribution in [3.8, 4) is 17.1 Å². The third-order valence-corrected chi connectivity index (χ3v) is 9.77. The van der Waals surface area contributed by atoms with Gasteiger partial charge in [-0.15, -0.1) is 0 Å². The number of carbonyl (C=O) groups excluding carboxylic acids is 1. The number of ether oxygens (including phenoxy) is 1. The van der Waals surface area contributed by atoms with Crippen LogP contribution in [-0.2, 0) is 11.2 Å².